The Hall–Kier alpha value is -1.55. The van der Waals surface area contributed by atoms with Crippen molar-refractivity contribution in [2.24, 2.45) is 0 Å². The highest BCUT2D eigenvalue weighted by Gasteiger charge is 2.38. The van der Waals surface area contributed by atoms with Crippen LogP contribution in [0.15, 0.2) is 48.5 Å². The molecule has 5 heteroatoms. The van der Waals surface area contributed by atoms with Gasteiger partial charge in [0.05, 0.1) is 10.0 Å². The summed E-state index contributed by atoms with van der Waals surface area (Å²) in [6, 6.07) is 15.1. The molecule has 1 aliphatic rings. The molecule has 3 rings (SSSR count). The van der Waals surface area contributed by atoms with Gasteiger partial charge in [-0.1, -0.05) is 47.5 Å². The smallest absolute Gasteiger partial charge is 0.253 e. The zero-order chi connectivity index (χ0) is 18.6. The average molecular weight is 392 g/mol. The molecule has 26 heavy (non-hydrogen) atoms. The maximum Gasteiger partial charge on any atom is 0.253 e. The van der Waals surface area contributed by atoms with Crippen LogP contribution < -0.4 is 0 Å². The van der Waals surface area contributed by atoms with Crippen LogP contribution in [0, 0.1) is 0 Å². The summed E-state index contributed by atoms with van der Waals surface area (Å²) < 4.78 is 0. The van der Waals surface area contributed by atoms with Gasteiger partial charge in [-0.2, -0.15) is 0 Å². The maximum absolute atomic E-state index is 12.9. The number of piperidine rings is 1. The van der Waals surface area contributed by atoms with Crippen molar-refractivity contribution >= 4 is 29.1 Å². The van der Waals surface area contributed by atoms with Crippen molar-refractivity contribution in [3.05, 3.63) is 69.7 Å². The number of rotatable bonds is 5. The number of nitrogens with zero attached hydrogens (tertiary/aromatic N) is 1. The molecule has 0 spiro atoms. The lowest BCUT2D eigenvalue weighted by atomic mass is 9.71. The highest BCUT2D eigenvalue weighted by Crippen LogP contribution is 2.40. The molecule has 1 amide bonds. The van der Waals surface area contributed by atoms with E-state index < -0.39 is 0 Å². The molecule has 0 unspecified atom stereocenters. The second-order valence-corrected chi connectivity index (χ2v) is 7.75. The van der Waals surface area contributed by atoms with E-state index in [1.165, 1.54) is 0 Å². The van der Waals surface area contributed by atoms with Gasteiger partial charge in [-0.05, 0) is 55.5 Å². The van der Waals surface area contributed by atoms with Crippen LogP contribution in [0.4, 0.5) is 0 Å². The fraction of sp³-hybridized carbons (Fsp3) is 0.381. The van der Waals surface area contributed by atoms with Gasteiger partial charge in [0.2, 0.25) is 0 Å². The Bertz CT molecular complexity index is 766. The quantitative estimate of drug-likeness (QED) is 0.783. The summed E-state index contributed by atoms with van der Waals surface area (Å²) in [6.07, 6.45) is 3.38. The van der Waals surface area contributed by atoms with Crippen LogP contribution in [0.2, 0.25) is 10.0 Å². The van der Waals surface area contributed by atoms with Crippen molar-refractivity contribution in [3.8, 4) is 0 Å². The van der Waals surface area contributed by atoms with E-state index in [9.17, 15) is 9.90 Å². The number of hydrogen-bond donors (Lipinski definition) is 1. The third-order valence-electron chi connectivity index (χ3n) is 5.23. The van der Waals surface area contributed by atoms with E-state index in [4.69, 9.17) is 23.2 Å². The molecule has 138 valence electrons. The van der Waals surface area contributed by atoms with Crippen molar-refractivity contribution in [2.45, 2.75) is 31.1 Å². The first-order chi connectivity index (χ1) is 12.6. The van der Waals surface area contributed by atoms with E-state index in [1.807, 2.05) is 53.4 Å². The lowest BCUT2D eigenvalue weighted by Gasteiger charge is -2.43. The lowest BCUT2D eigenvalue weighted by molar-refractivity contribution is 0.0618. The molecule has 1 N–H and O–H groups in total. The molecular weight excluding hydrogens is 369 g/mol. The second-order valence-electron chi connectivity index (χ2n) is 6.93. The molecule has 1 atom stereocenters. The van der Waals surface area contributed by atoms with Crippen LogP contribution in [-0.2, 0) is 5.41 Å². The van der Waals surface area contributed by atoms with E-state index in [-0.39, 0.29) is 17.9 Å². The number of benzene rings is 2. The summed E-state index contributed by atoms with van der Waals surface area (Å²) in [6.45, 7) is 1.50. The number of carbonyl (C=O) groups is 1. The van der Waals surface area contributed by atoms with Crippen LogP contribution in [0.25, 0.3) is 0 Å². The van der Waals surface area contributed by atoms with Gasteiger partial charge in [0.15, 0.2) is 0 Å². The van der Waals surface area contributed by atoms with Crippen molar-refractivity contribution in [3.63, 3.8) is 0 Å². The molecule has 0 aromatic heterocycles. The predicted molar refractivity (Wildman–Crippen MR) is 106 cm³/mol. The summed E-state index contributed by atoms with van der Waals surface area (Å²) in [4.78, 5) is 14.9. The van der Waals surface area contributed by atoms with Crippen molar-refractivity contribution in [2.75, 3.05) is 19.7 Å². The molecule has 3 nitrogen and oxygen atoms in total. The van der Waals surface area contributed by atoms with E-state index in [1.54, 1.807) is 0 Å². The number of aliphatic hydroxyl groups is 1. The van der Waals surface area contributed by atoms with E-state index >= 15 is 0 Å². The number of carbonyl (C=O) groups excluding carboxylic acids is 1. The third-order valence-corrected chi connectivity index (χ3v) is 5.97. The zero-order valence-electron chi connectivity index (χ0n) is 14.6. The SMILES string of the molecule is O=C(c1ccccc1)N1CCC[C@@](CCCO)(c2ccc(Cl)c(Cl)c2)C1. The minimum Gasteiger partial charge on any atom is -0.396 e. The molecule has 2 aromatic rings. The monoisotopic (exact) mass is 391 g/mol. The van der Waals surface area contributed by atoms with Crippen LogP contribution in [-0.4, -0.2) is 35.6 Å². The first kappa shape index (κ1) is 19.2. The Morgan fingerprint density at radius 1 is 1.12 bits per heavy atom. The van der Waals surface area contributed by atoms with Gasteiger partial charge < -0.3 is 10.0 Å². The maximum atomic E-state index is 12.9. The van der Waals surface area contributed by atoms with Crippen LogP contribution >= 0.6 is 23.2 Å². The number of halogens is 2. The number of amides is 1. The molecule has 2 aromatic carbocycles. The Morgan fingerprint density at radius 3 is 2.58 bits per heavy atom. The lowest BCUT2D eigenvalue weighted by Crippen LogP contribution is -2.48. The first-order valence-electron chi connectivity index (χ1n) is 8.96. The Kier molecular flexibility index (Phi) is 6.23. The molecule has 1 aliphatic heterocycles. The minimum absolute atomic E-state index is 0.0544. The second kappa shape index (κ2) is 8.43. The Labute approximate surface area is 164 Å². The summed E-state index contributed by atoms with van der Waals surface area (Å²) in [7, 11) is 0. The molecule has 0 radical (unpaired) electrons. The molecule has 1 fully saturated rings. The fourth-order valence-corrected chi connectivity index (χ4v) is 4.19. The summed E-state index contributed by atoms with van der Waals surface area (Å²) >= 11 is 12.4. The van der Waals surface area contributed by atoms with Crippen LogP contribution in [0.1, 0.15) is 41.6 Å². The van der Waals surface area contributed by atoms with Gasteiger partial charge in [0.1, 0.15) is 0 Å². The van der Waals surface area contributed by atoms with Crippen LogP contribution in [0.5, 0.6) is 0 Å². The largest absolute Gasteiger partial charge is 0.396 e. The predicted octanol–water partition coefficient (Wildman–Crippen LogP) is 4.94. The molecular formula is C21H23Cl2NO2. The number of likely N-dealkylation sites (tertiary alicyclic amines) is 1. The minimum atomic E-state index is -0.209. The van der Waals surface area contributed by atoms with E-state index in [0.29, 0.717) is 28.6 Å². The Morgan fingerprint density at radius 2 is 1.88 bits per heavy atom. The van der Waals surface area contributed by atoms with Gasteiger partial charge in [-0.25, -0.2) is 0 Å². The molecule has 0 bridgehead atoms. The van der Waals surface area contributed by atoms with Gasteiger partial charge in [0.25, 0.3) is 5.91 Å². The summed E-state index contributed by atoms with van der Waals surface area (Å²) in [5.41, 5.74) is 1.59. The number of hydrogen-bond acceptors (Lipinski definition) is 2. The zero-order valence-corrected chi connectivity index (χ0v) is 16.1. The van der Waals surface area contributed by atoms with Crippen molar-refractivity contribution in [1.82, 2.24) is 4.90 Å². The normalized spacial score (nSPS) is 20.2. The van der Waals surface area contributed by atoms with E-state index in [0.717, 1.165) is 31.4 Å². The summed E-state index contributed by atoms with van der Waals surface area (Å²) in [5, 5.41) is 10.4. The third kappa shape index (κ3) is 4.06. The molecule has 1 saturated heterocycles. The molecule has 0 aliphatic carbocycles. The topological polar surface area (TPSA) is 40.5 Å². The average Bonchev–Trinajstić information content (AvgIpc) is 2.68. The highest BCUT2D eigenvalue weighted by atomic mass is 35.5. The summed E-state index contributed by atoms with van der Waals surface area (Å²) in [5.74, 6) is 0.0544. The highest BCUT2D eigenvalue weighted by molar-refractivity contribution is 6.42. The van der Waals surface area contributed by atoms with Gasteiger partial charge in [-0.3, -0.25) is 4.79 Å². The van der Waals surface area contributed by atoms with E-state index in [2.05, 4.69) is 0 Å². The van der Waals surface area contributed by atoms with Crippen LogP contribution in [0.3, 0.4) is 0 Å². The van der Waals surface area contributed by atoms with Crippen molar-refractivity contribution in [1.29, 1.82) is 0 Å². The van der Waals surface area contributed by atoms with Gasteiger partial charge in [-0.15, -0.1) is 0 Å². The van der Waals surface area contributed by atoms with Gasteiger partial charge in [0, 0.05) is 30.7 Å². The first-order valence-corrected chi connectivity index (χ1v) is 9.72. The standard InChI is InChI=1S/C21H23Cl2NO2/c22-18-9-8-17(14-19(18)23)21(11-5-13-25)10-4-12-24(15-21)20(26)16-6-2-1-3-7-16/h1-3,6-9,14,25H,4-5,10-13,15H2/t21-/m0/s1. The van der Waals surface area contributed by atoms with Gasteiger partial charge >= 0.3 is 0 Å². The Balaban J connectivity index is 1.91. The molecule has 1 heterocycles. The fourth-order valence-electron chi connectivity index (χ4n) is 3.90. The van der Waals surface area contributed by atoms with Crippen molar-refractivity contribution < 1.29 is 9.90 Å². The number of aliphatic hydroxyl groups excluding tert-OH is 1. The molecule has 0 saturated carbocycles.